The molecule has 2 rings (SSSR count). The second-order valence-electron chi connectivity index (χ2n) is 3.59. The average molecular weight is 217 g/mol. The fourth-order valence-corrected chi connectivity index (χ4v) is 2.05. The average Bonchev–Trinajstić information content (AvgIpc) is 2.30. The first kappa shape index (κ1) is 10.3. The summed E-state index contributed by atoms with van der Waals surface area (Å²) in [4.78, 5) is 0. The van der Waals surface area contributed by atoms with Gasteiger partial charge in [0.1, 0.15) is 0 Å². The highest BCUT2D eigenvalue weighted by atomic mass is 35.5. The van der Waals surface area contributed by atoms with Gasteiger partial charge >= 0.3 is 0 Å². The number of hydrogen-bond donors (Lipinski definition) is 0. The Labute approximate surface area is 95.5 Å². The Morgan fingerprint density at radius 2 is 1.67 bits per heavy atom. The van der Waals surface area contributed by atoms with Gasteiger partial charge in [0.25, 0.3) is 0 Å². The van der Waals surface area contributed by atoms with Gasteiger partial charge in [0.05, 0.1) is 0 Å². The minimum Gasteiger partial charge on any atom is -0.122 e. The van der Waals surface area contributed by atoms with Crippen molar-refractivity contribution in [3.63, 3.8) is 0 Å². The summed E-state index contributed by atoms with van der Waals surface area (Å²) in [6.07, 6.45) is 0. The van der Waals surface area contributed by atoms with Crippen molar-refractivity contribution in [3.05, 3.63) is 59.7 Å². The zero-order valence-electron chi connectivity index (χ0n) is 8.70. The highest BCUT2D eigenvalue weighted by Crippen LogP contribution is 2.26. The molecular formula is C14H13Cl. The Balaban J connectivity index is 2.54. The molecule has 0 N–H and O–H groups in total. The predicted octanol–water partition coefficient (Wildman–Crippen LogP) is 4.40. The molecule has 0 saturated carbocycles. The number of benzene rings is 2. The van der Waals surface area contributed by atoms with Crippen LogP contribution < -0.4 is 0 Å². The fourth-order valence-electron chi connectivity index (χ4n) is 1.76. The lowest BCUT2D eigenvalue weighted by molar-refractivity contribution is 1.30. The topological polar surface area (TPSA) is 0 Å². The molecule has 1 heteroatoms. The third kappa shape index (κ3) is 2.05. The normalized spacial score (nSPS) is 10.3. The maximum absolute atomic E-state index is 5.89. The fraction of sp³-hybridized carbons (Fsp3) is 0.143. The van der Waals surface area contributed by atoms with Crippen molar-refractivity contribution in [3.8, 4) is 11.1 Å². The molecule has 0 unspecified atom stereocenters. The van der Waals surface area contributed by atoms with Gasteiger partial charge < -0.3 is 0 Å². The lowest BCUT2D eigenvalue weighted by Gasteiger charge is -2.09. The van der Waals surface area contributed by atoms with Crippen LogP contribution in [0.1, 0.15) is 11.1 Å². The van der Waals surface area contributed by atoms with Crippen molar-refractivity contribution in [1.29, 1.82) is 0 Å². The van der Waals surface area contributed by atoms with Crippen LogP contribution >= 0.6 is 11.6 Å². The summed E-state index contributed by atoms with van der Waals surface area (Å²) in [6, 6.07) is 16.7. The highest BCUT2D eigenvalue weighted by Gasteiger charge is 2.04. The number of alkyl halides is 1. The molecule has 0 bridgehead atoms. The number of halogens is 1. The maximum atomic E-state index is 5.89. The Morgan fingerprint density at radius 1 is 0.933 bits per heavy atom. The number of hydrogen-bond acceptors (Lipinski definition) is 0. The third-order valence-corrected chi connectivity index (χ3v) is 2.96. The van der Waals surface area contributed by atoms with E-state index in [4.69, 9.17) is 11.6 Å². The molecule has 0 heterocycles. The monoisotopic (exact) mass is 216 g/mol. The van der Waals surface area contributed by atoms with Gasteiger partial charge in [0.15, 0.2) is 0 Å². The largest absolute Gasteiger partial charge is 0.122 e. The van der Waals surface area contributed by atoms with E-state index in [0.717, 1.165) is 0 Å². The van der Waals surface area contributed by atoms with Crippen LogP contribution in [0.5, 0.6) is 0 Å². The first-order valence-electron chi connectivity index (χ1n) is 5.03. The molecule has 0 aliphatic carbocycles. The molecule has 0 amide bonds. The molecule has 0 spiro atoms. The van der Waals surface area contributed by atoms with Crippen molar-refractivity contribution < 1.29 is 0 Å². The summed E-state index contributed by atoms with van der Waals surface area (Å²) in [5.41, 5.74) is 5.01. The van der Waals surface area contributed by atoms with E-state index < -0.39 is 0 Å². The van der Waals surface area contributed by atoms with Crippen molar-refractivity contribution >= 4 is 11.6 Å². The second kappa shape index (κ2) is 4.50. The first-order chi connectivity index (χ1) is 7.33. The molecule has 2 aromatic rings. The van der Waals surface area contributed by atoms with Crippen molar-refractivity contribution in [2.75, 3.05) is 0 Å². The van der Waals surface area contributed by atoms with Crippen LogP contribution in [-0.2, 0) is 5.88 Å². The van der Waals surface area contributed by atoms with Gasteiger partial charge in [-0.05, 0) is 29.2 Å². The van der Waals surface area contributed by atoms with E-state index in [1.807, 2.05) is 6.07 Å². The molecule has 0 aliphatic heterocycles. The maximum Gasteiger partial charge on any atom is 0.0476 e. The highest BCUT2D eigenvalue weighted by molar-refractivity contribution is 6.17. The molecular weight excluding hydrogens is 204 g/mol. The summed E-state index contributed by atoms with van der Waals surface area (Å²) in [6.45, 7) is 2.13. The molecule has 76 valence electrons. The smallest absolute Gasteiger partial charge is 0.0476 e. The second-order valence-corrected chi connectivity index (χ2v) is 3.86. The van der Waals surface area contributed by atoms with Crippen LogP contribution in [0.2, 0.25) is 0 Å². The van der Waals surface area contributed by atoms with E-state index in [1.54, 1.807) is 0 Å². The molecule has 0 saturated heterocycles. The lowest BCUT2D eigenvalue weighted by atomic mass is 9.97. The van der Waals surface area contributed by atoms with Crippen molar-refractivity contribution in [2.24, 2.45) is 0 Å². The Kier molecular flexibility index (Phi) is 3.08. The summed E-state index contributed by atoms with van der Waals surface area (Å²) in [5.74, 6) is 0.576. The van der Waals surface area contributed by atoms with E-state index in [0.29, 0.717) is 5.88 Å². The molecule has 0 atom stereocenters. The summed E-state index contributed by atoms with van der Waals surface area (Å²) in [7, 11) is 0. The zero-order valence-corrected chi connectivity index (χ0v) is 9.46. The minimum atomic E-state index is 0.576. The van der Waals surface area contributed by atoms with Crippen LogP contribution in [-0.4, -0.2) is 0 Å². The van der Waals surface area contributed by atoms with E-state index in [2.05, 4.69) is 49.4 Å². The number of rotatable bonds is 2. The van der Waals surface area contributed by atoms with Gasteiger partial charge in [-0.3, -0.25) is 0 Å². The van der Waals surface area contributed by atoms with Gasteiger partial charge in [-0.15, -0.1) is 11.6 Å². The van der Waals surface area contributed by atoms with Crippen LogP contribution in [0.4, 0.5) is 0 Å². The van der Waals surface area contributed by atoms with E-state index in [1.165, 1.54) is 22.3 Å². The molecule has 15 heavy (non-hydrogen) atoms. The molecule has 0 aromatic heterocycles. The van der Waals surface area contributed by atoms with E-state index in [-0.39, 0.29) is 0 Å². The van der Waals surface area contributed by atoms with Gasteiger partial charge in [-0.1, -0.05) is 48.5 Å². The quantitative estimate of drug-likeness (QED) is 0.653. The lowest BCUT2D eigenvalue weighted by Crippen LogP contribution is -1.88. The summed E-state index contributed by atoms with van der Waals surface area (Å²) >= 11 is 5.89. The zero-order chi connectivity index (χ0) is 10.7. The molecule has 0 aliphatic rings. The van der Waals surface area contributed by atoms with Gasteiger partial charge in [-0.25, -0.2) is 0 Å². The van der Waals surface area contributed by atoms with Gasteiger partial charge in [0.2, 0.25) is 0 Å². The summed E-state index contributed by atoms with van der Waals surface area (Å²) in [5, 5.41) is 0. The van der Waals surface area contributed by atoms with Crippen LogP contribution in [0.3, 0.4) is 0 Å². The van der Waals surface area contributed by atoms with E-state index >= 15 is 0 Å². The van der Waals surface area contributed by atoms with Crippen molar-refractivity contribution in [2.45, 2.75) is 12.8 Å². The van der Waals surface area contributed by atoms with E-state index in [9.17, 15) is 0 Å². The third-order valence-electron chi connectivity index (χ3n) is 2.67. The van der Waals surface area contributed by atoms with Crippen LogP contribution in [0.15, 0.2) is 48.5 Å². The first-order valence-corrected chi connectivity index (χ1v) is 5.56. The Hall–Kier alpha value is -1.27. The standard InChI is InChI=1S/C14H13Cl/c1-11-13(10-15)8-5-9-14(11)12-6-3-2-4-7-12/h2-9H,10H2,1H3. The van der Waals surface area contributed by atoms with Crippen molar-refractivity contribution in [1.82, 2.24) is 0 Å². The minimum absolute atomic E-state index is 0.576. The Bertz CT molecular complexity index is 446. The van der Waals surface area contributed by atoms with Gasteiger partial charge in [0, 0.05) is 5.88 Å². The van der Waals surface area contributed by atoms with Crippen LogP contribution in [0, 0.1) is 6.92 Å². The van der Waals surface area contributed by atoms with Crippen LogP contribution in [0.25, 0.3) is 11.1 Å². The SMILES string of the molecule is Cc1c(CCl)cccc1-c1ccccc1. The predicted molar refractivity (Wildman–Crippen MR) is 66.2 cm³/mol. The molecule has 0 fully saturated rings. The molecule has 0 nitrogen and oxygen atoms in total. The molecule has 0 radical (unpaired) electrons. The Morgan fingerprint density at radius 3 is 2.33 bits per heavy atom. The summed E-state index contributed by atoms with van der Waals surface area (Å²) < 4.78 is 0. The molecule has 2 aromatic carbocycles. The van der Waals surface area contributed by atoms with Gasteiger partial charge in [-0.2, -0.15) is 0 Å².